The lowest BCUT2D eigenvalue weighted by molar-refractivity contribution is -0.123. The Morgan fingerprint density at radius 1 is 1.08 bits per heavy atom. The van der Waals surface area contributed by atoms with E-state index in [9.17, 15) is 9.90 Å². The zero-order valence-electron chi connectivity index (χ0n) is 15.0. The standard InChI is InChI=1S/C21H24N2O3/c1-14(16-8-4-3-5-9-16)21(25)23-15(2)22-13-18(24)20-12-17-10-6-7-11-19(17)26-20/h3-12,14-15,18,22,24H,13H2,1-2H3,(H,23,25). The summed E-state index contributed by atoms with van der Waals surface area (Å²) < 4.78 is 5.66. The number of fused-ring (bicyclic) bond motifs is 1. The Bertz CT molecular complexity index is 827. The summed E-state index contributed by atoms with van der Waals surface area (Å²) in [5.41, 5.74) is 1.72. The molecule has 0 radical (unpaired) electrons. The van der Waals surface area contributed by atoms with Gasteiger partial charge in [0.15, 0.2) is 0 Å². The van der Waals surface area contributed by atoms with Gasteiger partial charge in [-0.25, -0.2) is 0 Å². The first-order chi connectivity index (χ1) is 12.5. The summed E-state index contributed by atoms with van der Waals surface area (Å²) in [4.78, 5) is 12.4. The van der Waals surface area contributed by atoms with Crippen LogP contribution in [0, 0.1) is 0 Å². The minimum Gasteiger partial charge on any atom is -0.458 e. The monoisotopic (exact) mass is 352 g/mol. The Hall–Kier alpha value is -2.63. The molecule has 136 valence electrons. The molecule has 3 rings (SSSR count). The number of aliphatic hydroxyl groups excluding tert-OH is 1. The molecule has 26 heavy (non-hydrogen) atoms. The Balaban J connectivity index is 1.51. The number of carbonyl (C=O) groups is 1. The third-order valence-electron chi connectivity index (χ3n) is 4.44. The summed E-state index contributed by atoms with van der Waals surface area (Å²) in [5.74, 6) is 0.213. The molecule has 0 aliphatic carbocycles. The Labute approximate surface area is 153 Å². The number of aliphatic hydroxyl groups is 1. The second kappa shape index (κ2) is 8.17. The molecule has 3 aromatic rings. The highest BCUT2D eigenvalue weighted by molar-refractivity contribution is 5.83. The number of benzene rings is 2. The molecule has 3 atom stereocenters. The van der Waals surface area contributed by atoms with E-state index in [4.69, 9.17) is 4.42 Å². The molecule has 3 unspecified atom stereocenters. The lowest BCUT2D eigenvalue weighted by Crippen LogP contribution is -2.45. The molecule has 3 N–H and O–H groups in total. The van der Waals surface area contributed by atoms with Crippen molar-refractivity contribution in [2.24, 2.45) is 0 Å². The van der Waals surface area contributed by atoms with Crippen LogP contribution >= 0.6 is 0 Å². The molecule has 1 aromatic heterocycles. The molecule has 1 amide bonds. The first-order valence-electron chi connectivity index (χ1n) is 8.80. The van der Waals surface area contributed by atoms with E-state index in [0.717, 1.165) is 16.5 Å². The number of hydrogen-bond donors (Lipinski definition) is 3. The molecule has 5 heteroatoms. The lowest BCUT2D eigenvalue weighted by Gasteiger charge is -2.20. The number of amides is 1. The molecule has 0 saturated carbocycles. The van der Waals surface area contributed by atoms with Gasteiger partial charge in [0, 0.05) is 11.9 Å². The summed E-state index contributed by atoms with van der Waals surface area (Å²) in [5, 5.41) is 17.3. The first kappa shape index (κ1) is 18.2. The van der Waals surface area contributed by atoms with Gasteiger partial charge in [-0.3, -0.25) is 10.1 Å². The molecule has 0 aliphatic rings. The van der Waals surface area contributed by atoms with Crippen molar-refractivity contribution in [3.63, 3.8) is 0 Å². The fraction of sp³-hybridized carbons (Fsp3) is 0.286. The molecule has 5 nitrogen and oxygen atoms in total. The predicted octanol–water partition coefficient (Wildman–Crippen LogP) is 3.32. The third-order valence-corrected chi connectivity index (χ3v) is 4.44. The average Bonchev–Trinajstić information content (AvgIpc) is 3.10. The normalized spacial score (nSPS) is 14.7. The van der Waals surface area contributed by atoms with Crippen molar-refractivity contribution in [3.05, 3.63) is 72.0 Å². The molecule has 0 saturated heterocycles. The van der Waals surface area contributed by atoms with Crippen molar-refractivity contribution < 1.29 is 14.3 Å². The van der Waals surface area contributed by atoms with Crippen LogP contribution in [-0.2, 0) is 4.79 Å². The van der Waals surface area contributed by atoms with Gasteiger partial charge in [0.05, 0.1) is 12.1 Å². The maximum atomic E-state index is 12.4. The minimum atomic E-state index is -0.784. The maximum absolute atomic E-state index is 12.4. The van der Waals surface area contributed by atoms with Gasteiger partial charge in [0.1, 0.15) is 17.4 Å². The number of furan rings is 1. The van der Waals surface area contributed by atoms with E-state index in [-0.39, 0.29) is 24.5 Å². The van der Waals surface area contributed by atoms with E-state index in [1.807, 2.05) is 74.5 Å². The molecule has 0 aliphatic heterocycles. The average molecular weight is 352 g/mol. The smallest absolute Gasteiger partial charge is 0.228 e. The zero-order chi connectivity index (χ0) is 18.5. The van der Waals surface area contributed by atoms with Crippen LogP contribution in [0.4, 0.5) is 0 Å². The largest absolute Gasteiger partial charge is 0.458 e. The number of carbonyl (C=O) groups excluding carboxylic acids is 1. The van der Waals surface area contributed by atoms with Gasteiger partial charge in [-0.05, 0) is 31.5 Å². The highest BCUT2D eigenvalue weighted by Gasteiger charge is 2.18. The number of para-hydroxylation sites is 1. The van der Waals surface area contributed by atoms with Crippen LogP contribution in [0.2, 0.25) is 0 Å². The predicted molar refractivity (Wildman–Crippen MR) is 102 cm³/mol. The van der Waals surface area contributed by atoms with Gasteiger partial charge in [-0.2, -0.15) is 0 Å². The molecule has 0 fully saturated rings. The van der Waals surface area contributed by atoms with Crippen LogP contribution in [-0.4, -0.2) is 23.7 Å². The van der Waals surface area contributed by atoms with Gasteiger partial charge in [-0.1, -0.05) is 48.5 Å². The summed E-state index contributed by atoms with van der Waals surface area (Å²) >= 11 is 0. The van der Waals surface area contributed by atoms with Gasteiger partial charge in [-0.15, -0.1) is 0 Å². The number of rotatable bonds is 7. The highest BCUT2D eigenvalue weighted by atomic mass is 16.4. The second-order valence-electron chi connectivity index (χ2n) is 6.47. The van der Waals surface area contributed by atoms with Gasteiger partial charge < -0.3 is 14.8 Å². The zero-order valence-corrected chi connectivity index (χ0v) is 15.0. The van der Waals surface area contributed by atoms with E-state index in [1.165, 1.54) is 0 Å². The van der Waals surface area contributed by atoms with Crippen molar-refractivity contribution in [3.8, 4) is 0 Å². The Morgan fingerprint density at radius 3 is 2.50 bits per heavy atom. The topological polar surface area (TPSA) is 74.5 Å². The van der Waals surface area contributed by atoms with Crippen LogP contribution in [0.25, 0.3) is 11.0 Å². The van der Waals surface area contributed by atoms with E-state index in [2.05, 4.69) is 10.6 Å². The number of nitrogens with one attached hydrogen (secondary N) is 2. The van der Waals surface area contributed by atoms with Crippen LogP contribution in [0.15, 0.2) is 65.1 Å². The summed E-state index contributed by atoms with van der Waals surface area (Å²) in [6, 6.07) is 19.1. The fourth-order valence-electron chi connectivity index (χ4n) is 2.84. The molecular formula is C21H24N2O3. The SMILES string of the molecule is CC(NCC(O)c1cc2ccccc2o1)NC(=O)C(C)c1ccccc1. The quantitative estimate of drug-likeness (QED) is 0.570. The van der Waals surface area contributed by atoms with Crippen LogP contribution < -0.4 is 10.6 Å². The van der Waals surface area contributed by atoms with Crippen LogP contribution in [0.1, 0.15) is 37.2 Å². The van der Waals surface area contributed by atoms with Gasteiger partial charge in [0.25, 0.3) is 0 Å². The van der Waals surface area contributed by atoms with Crippen molar-refractivity contribution in [1.82, 2.24) is 10.6 Å². The van der Waals surface area contributed by atoms with Gasteiger partial charge in [0.2, 0.25) is 5.91 Å². The minimum absolute atomic E-state index is 0.0607. The van der Waals surface area contributed by atoms with Crippen molar-refractivity contribution in [1.29, 1.82) is 0 Å². The van der Waals surface area contributed by atoms with Crippen molar-refractivity contribution in [2.45, 2.75) is 32.0 Å². The molecular weight excluding hydrogens is 328 g/mol. The van der Waals surface area contributed by atoms with Crippen LogP contribution in [0.3, 0.4) is 0 Å². The first-order valence-corrected chi connectivity index (χ1v) is 8.80. The summed E-state index contributed by atoms with van der Waals surface area (Å²) in [6.07, 6.45) is -1.05. The van der Waals surface area contributed by atoms with Gasteiger partial charge >= 0.3 is 0 Å². The van der Waals surface area contributed by atoms with E-state index < -0.39 is 6.10 Å². The molecule has 1 heterocycles. The number of hydrogen-bond acceptors (Lipinski definition) is 4. The third kappa shape index (κ3) is 4.31. The molecule has 2 aromatic carbocycles. The van der Waals surface area contributed by atoms with E-state index >= 15 is 0 Å². The van der Waals surface area contributed by atoms with Crippen molar-refractivity contribution >= 4 is 16.9 Å². The lowest BCUT2D eigenvalue weighted by atomic mass is 10.0. The molecule has 0 bridgehead atoms. The second-order valence-corrected chi connectivity index (χ2v) is 6.47. The van der Waals surface area contributed by atoms with Crippen molar-refractivity contribution in [2.75, 3.05) is 6.54 Å². The van der Waals surface area contributed by atoms with E-state index in [0.29, 0.717) is 5.76 Å². The molecule has 0 spiro atoms. The van der Waals surface area contributed by atoms with Crippen LogP contribution in [0.5, 0.6) is 0 Å². The van der Waals surface area contributed by atoms with E-state index in [1.54, 1.807) is 0 Å². The fourth-order valence-corrected chi connectivity index (χ4v) is 2.84. The summed E-state index contributed by atoms with van der Waals surface area (Å²) in [7, 11) is 0. The Morgan fingerprint density at radius 2 is 1.77 bits per heavy atom. The summed E-state index contributed by atoms with van der Waals surface area (Å²) in [6.45, 7) is 4.00. The maximum Gasteiger partial charge on any atom is 0.228 e. The highest BCUT2D eigenvalue weighted by Crippen LogP contribution is 2.23. The Kier molecular flexibility index (Phi) is 5.71.